The first kappa shape index (κ1) is 19.8. The zero-order chi connectivity index (χ0) is 18.6. The standard InChI is InChI=1S/C17H29N5O2S/c1-10-6-5-7-13(11(10)2)19-16(24)12(3)25-17-21-20-15(22(17)4)9-8-14(18)23/h10-13H,5-9H2,1-4H3,(H2,18,23)(H,19,24)/t10-,11-,12-,13-/m1/s1. The quantitative estimate of drug-likeness (QED) is 0.713. The first-order valence-electron chi connectivity index (χ1n) is 8.93. The first-order chi connectivity index (χ1) is 11.8. The lowest BCUT2D eigenvalue weighted by atomic mass is 9.78. The second kappa shape index (κ2) is 8.69. The van der Waals surface area contributed by atoms with Crippen LogP contribution in [0.15, 0.2) is 5.16 Å². The van der Waals surface area contributed by atoms with E-state index in [-0.39, 0.29) is 29.5 Å². The molecule has 1 aliphatic rings. The maximum Gasteiger partial charge on any atom is 0.233 e. The van der Waals surface area contributed by atoms with Crippen LogP contribution in [0.4, 0.5) is 0 Å². The van der Waals surface area contributed by atoms with Crippen molar-refractivity contribution in [2.75, 3.05) is 0 Å². The van der Waals surface area contributed by atoms with Gasteiger partial charge in [0.1, 0.15) is 5.82 Å². The van der Waals surface area contributed by atoms with E-state index in [1.807, 2.05) is 18.5 Å². The van der Waals surface area contributed by atoms with Crippen molar-refractivity contribution in [2.24, 2.45) is 24.6 Å². The molecule has 0 aliphatic heterocycles. The zero-order valence-electron chi connectivity index (χ0n) is 15.5. The zero-order valence-corrected chi connectivity index (χ0v) is 16.3. The number of nitrogens with two attached hydrogens (primary N) is 1. The van der Waals surface area contributed by atoms with E-state index in [0.717, 1.165) is 6.42 Å². The van der Waals surface area contributed by atoms with Crippen molar-refractivity contribution in [1.29, 1.82) is 0 Å². The van der Waals surface area contributed by atoms with Gasteiger partial charge < -0.3 is 15.6 Å². The maximum atomic E-state index is 12.6. The molecule has 8 heteroatoms. The first-order valence-corrected chi connectivity index (χ1v) is 9.81. The summed E-state index contributed by atoms with van der Waals surface area (Å²) in [5.74, 6) is 1.53. The van der Waals surface area contributed by atoms with Gasteiger partial charge in [0.2, 0.25) is 11.8 Å². The number of hydrogen-bond donors (Lipinski definition) is 2. The Balaban J connectivity index is 1.91. The molecule has 0 saturated heterocycles. The molecule has 1 aromatic heterocycles. The predicted molar refractivity (Wildman–Crippen MR) is 97.9 cm³/mol. The van der Waals surface area contributed by atoms with Gasteiger partial charge in [-0.15, -0.1) is 10.2 Å². The van der Waals surface area contributed by atoms with Crippen LogP contribution >= 0.6 is 11.8 Å². The number of aromatic nitrogens is 3. The monoisotopic (exact) mass is 367 g/mol. The lowest BCUT2D eigenvalue weighted by molar-refractivity contribution is -0.121. The number of aryl methyl sites for hydroxylation is 1. The van der Waals surface area contributed by atoms with Crippen molar-refractivity contribution < 1.29 is 9.59 Å². The smallest absolute Gasteiger partial charge is 0.233 e. The largest absolute Gasteiger partial charge is 0.370 e. The summed E-state index contributed by atoms with van der Waals surface area (Å²) in [6.45, 7) is 6.36. The van der Waals surface area contributed by atoms with Crippen LogP contribution < -0.4 is 11.1 Å². The van der Waals surface area contributed by atoms with Crippen molar-refractivity contribution in [3.05, 3.63) is 5.82 Å². The topological polar surface area (TPSA) is 103 Å². The van der Waals surface area contributed by atoms with E-state index < -0.39 is 0 Å². The number of nitrogens with zero attached hydrogens (tertiary/aromatic N) is 3. The third-order valence-electron chi connectivity index (χ3n) is 5.21. The van der Waals surface area contributed by atoms with Gasteiger partial charge in [-0.2, -0.15) is 0 Å². The number of thioether (sulfide) groups is 1. The number of primary amides is 1. The highest BCUT2D eigenvalue weighted by Gasteiger charge is 2.29. The minimum Gasteiger partial charge on any atom is -0.370 e. The highest BCUT2D eigenvalue weighted by Crippen LogP contribution is 2.30. The van der Waals surface area contributed by atoms with Gasteiger partial charge in [0, 0.05) is 25.9 Å². The second-order valence-corrected chi connectivity index (χ2v) is 8.37. The fraction of sp³-hybridized carbons (Fsp3) is 0.765. The van der Waals surface area contributed by atoms with Crippen molar-refractivity contribution in [2.45, 2.75) is 69.3 Å². The molecule has 0 aromatic carbocycles. The summed E-state index contributed by atoms with van der Waals surface area (Å²) in [5, 5.41) is 11.9. The molecule has 0 spiro atoms. The van der Waals surface area contributed by atoms with Crippen LogP contribution in [0.1, 0.15) is 52.3 Å². The third-order valence-corrected chi connectivity index (χ3v) is 6.34. The van der Waals surface area contributed by atoms with Gasteiger partial charge in [0.25, 0.3) is 0 Å². The molecule has 1 fully saturated rings. The van der Waals surface area contributed by atoms with E-state index >= 15 is 0 Å². The van der Waals surface area contributed by atoms with Crippen LogP contribution in [-0.2, 0) is 23.1 Å². The molecule has 140 valence electrons. The van der Waals surface area contributed by atoms with Crippen LogP contribution in [0.25, 0.3) is 0 Å². The average molecular weight is 368 g/mol. The van der Waals surface area contributed by atoms with E-state index in [9.17, 15) is 9.59 Å². The van der Waals surface area contributed by atoms with Crippen LogP contribution in [0.3, 0.4) is 0 Å². The Morgan fingerprint density at radius 1 is 1.36 bits per heavy atom. The van der Waals surface area contributed by atoms with Crippen molar-refractivity contribution >= 4 is 23.6 Å². The van der Waals surface area contributed by atoms with Crippen molar-refractivity contribution in [1.82, 2.24) is 20.1 Å². The minimum absolute atomic E-state index is 0.0395. The summed E-state index contributed by atoms with van der Waals surface area (Å²) in [7, 11) is 1.84. The number of carbonyl (C=O) groups excluding carboxylic acids is 2. The number of nitrogens with one attached hydrogen (secondary N) is 1. The summed E-state index contributed by atoms with van der Waals surface area (Å²) in [4.78, 5) is 23.5. The van der Waals surface area contributed by atoms with E-state index in [2.05, 4.69) is 29.4 Å². The van der Waals surface area contributed by atoms with Crippen molar-refractivity contribution in [3.63, 3.8) is 0 Å². The summed E-state index contributed by atoms with van der Waals surface area (Å²) >= 11 is 1.39. The van der Waals surface area contributed by atoms with Gasteiger partial charge >= 0.3 is 0 Å². The molecule has 0 unspecified atom stereocenters. The summed E-state index contributed by atoms with van der Waals surface area (Å²) in [5.41, 5.74) is 5.17. The maximum absolute atomic E-state index is 12.6. The van der Waals surface area contributed by atoms with Gasteiger partial charge in [-0.25, -0.2) is 0 Å². The number of hydrogen-bond acceptors (Lipinski definition) is 5. The molecule has 1 saturated carbocycles. The van der Waals surface area contributed by atoms with Gasteiger partial charge in [-0.3, -0.25) is 9.59 Å². The highest BCUT2D eigenvalue weighted by atomic mass is 32.2. The van der Waals surface area contributed by atoms with Crippen LogP contribution in [-0.4, -0.2) is 37.9 Å². The molecule has 4 atom stereocenters. The van der Waals surface area contributed by atoms with E-state index in [0.29, 0.717) is 29.2 Å². The predicted octanol–water partition coefficient (Wildman–Crippen LogP) is 1.65. The van der Waals surface area contributed by atoms with Crippen LogP contribution in [0, 0.1) is 11.8 Å². The van der Waals surface area contributed by atoms with Gasteiger partial charge in [-0.1, -0.05) is 38.5 Å². The molecule has 1 aliphatic carbocycles. The summed E-state index contributed by atoms with van der Waals surface area (Å²) < 4.78 is 1.82. The molecule has 7 nitrogen and oxygen atoms in total. The summed E-state index contributed by atoms with van der Waals surface area (Å²) in [6, 6.07) is 0.255. The Labute approximate surface area is 153 Å². The molecule has 1 aromatic rings. The van der Waals surface area contributed by atoms with E-state index in [1.165, 1.54) is 24.6 Å². The second-order valence-electron chi connectivity index (χ2n) is 7.07. The molecule has 2 rings (SSSR count). The Kier molecular flexibility index (Phi) is 6.87. The van der Waals surface area contributed by atoms with E-state index in [4.69, 9.17) is 5.73 Å². The molecule has 1 heterocycles. The molecule has 2 amide bonds. The lowest BCUT2D eigenvalue weighted by Crippen LogP contribution is -2.46. The van der Waals surface area contributed by atoms with Gasteiger partial charge in [-0.05, 0) is 25.2 Å². The lowest BCUT2D eigenvalue weighted by Gasteiger charge is -2.35. The van der Waals surface area contributed by atoms with E-state index in [1.54, 1.807) is 0 Å². The molecule has 3 N–H and O–H groups in total. The summed E-state index contributed by atoms with van der Waals surface area (Å²) in [6.07, 6.45) is 4.16. The normalized spacial score (nSPS) is 24.7. The average Bonchev–Trinajstić information content (AvgIpc) is 2.90. The fourth-order valence-electron chi connectivity index (χ4n) is 3.20. The Morgan fingerprint density at radius 3 is 2.76 bits per heavy atom. The molecule has 0 bridgehead atoms. The number of carbonyl (C=O) groups is 2. The molecule has 25 heavy (non-hydrogen) atoms. The third kappa shape index (κ3) is 5.20. The number of rotatable bonds is 7. The number of amides is 2. The Hall–Kier alpha value is -1.57. The van der Waals surface area contributed by atoms with Gasteiger partial charge in [0.05, 0.1) is 5.25 Å². The highest BCUT2D eigenvalue weighted by molar-refractivity contribution is 8.00. The minimum atomic E-state index is -0.360. The van der Waals surface area contributed by atoms with Crippen LogP contribution in [0.2, 0.25) is 0 Å². The van der Waals surface area contributed by atoms with Crippen LogP contribution in [0.5, 0.6) is 0 Å². The van der Waals surface area contributed by atoms with Gasteiger partial charge in [0.15, 0.2) is 5.16 Å². The SMILES string of the molecule is C[C@@H]1[C@H](C)CCC[C@H]1NC(=O)[C@@H](C)Sc1nnc(CCC(N)=O)n1C. The van der Waals surface area contributed by atoms with Crippen molar-refractivity contribution in [3.8, 4) is 0 Å². The Bertz CT molecular complexity index is 618. The molecular weight excluding hydrogens is 338 g/mol. The molecule has 0 radical (unpaired) electrons. The fourth-order valence-corrected chi connectivity index (χ4v) is 4.04. The molecular formula is C17H29N5O2S. The Morgan fingerprint density at radius 2 is 2.08 bits per heavy atom.